The normalized spacial score (nSPS) is 17.4. The van der Waals surface area contributed by atoms with Crippen LogP contribution in [0.2, 0.25) is 0 Å². The lowest BCUT2D eigenvalue weighted by Crippen LogP contribution is -2.57. The zero-order valence-corrected chi connectivity index (χ0v) is 24.3. The third-order valence-electron chi connectivity index (χ3n) is 7.02. The zero-order chi connectivity index (χ0) is 31.4. The van der Waals surface area contributed by atoms with Crippen molar-refractivity contribution < 1.29 is 36.3 Å². The van der Waals surface area contributed by atoms with Crippen molar-refractivity contribution in [3.05, 3.63) is 108 Å². The molecule has 3 unspecified atom stereocenters. The van der Waals surface area contributed by atoms with Gasteiger partial charge in [0.15, 0.2) is 6.10 Å². The van der Waals surface area contributed by atoms with E-state index in [-0.39, 0.29) is 17.0 Å². The van der Waals surface area contributed by atoms with E-state index in [1.807, 2.05) is 0 Å². The molecule has 0 fully saturated rings. The summed E-state index contributed by atoms with van der Waals surface area (Å²) >= 11 is 0. The molecule has 0 spiro atoms. The van der Waals surface area contributed by atoms with Crippen LogP contribution in [0.4, 0.5) is 13.2 Å². The molecule has 0 saturated carbocycles. The highest BCUT2D eigenvalue weighted by molar-refractivity contribution is 7.89. The molecule has 228 valence electrons. The van der Waals surface area contributed by atoms with Crippen LogP contribution < -0.4 is 5.32 Å². The van der Waals surface area contributed by atoms with Crippen molar-refractivity contribution >= 4 is 27.5 Å². The summed E-state index contributed by atoms with van der Waals surface area (Å²) in [5.41, 5.74) is 0.945. The predicted molar refractivity (Wildman–Crippen MR) is 154 cm³/mol. The van der Waals surface area contributed by atoms with Gasteiger partial charge in [-0.15, -0.1) is 0 Å². The second-order valence-electron chi connectivity index (χ2n) is 10.5. The van der Waals surface area contributed by atoms with Crippen molar-refractivity contribution in [3.63, 3.8) is 0 Å². The van der Waals surface area contributed by atoms with Crippen LogP contribution in [0, 0.1) is 5.92 Å². The number of halogens is 3. The van der Waals surface area contributed by atoms with Gasteiger partial charge in [-0.3, -0.25) is 18.8 Å². The third kappa shape index (κ3) is 7.26. The van der Waals surface area contributed by atoms with E-state index in [4.69, 9.17) is 0 Å². The first kappa shape index (κ1) is 31.8. The maximum atomic E-state index is 14.0. The highest BCUT2D eigenvalue weighted by atomic mass is 32.2. The molecule has 4 rings (SSSR count). The lowest BCUT2D eigenvalue weighted by atomic mass is 9.99. The highest BCUT2D eigenvalue weighted by Gasteiger charge is 2.46. The SMILES string of the molecule is CC(C)C1C(=O)N(CC(=O)NC(Cc2ccccc2)C(O)C(F)(F)F)C(c2ccccc2)=CN1S(=O)(=O)c1ccccc1. The number of alkyl halides is 3. The van der Waals surface area contributed by atoms with Crippen molar-refractivity contribution in [1.82, 2.24) is 14.5 Å². The van der Waals surface area contributed by atoms with Crippen LogP contribution in [-0.4, -0.2) is 65.5 Å². The van der Waals surface area contributed by atoms with Gasteiger partial charge in [-0.1, -0.05) is 92.7 Å². The number of nitrogens with one attached hydrogen (secondary N) is 1. The summed E-state index contributed by atoms with van der Waals surface area (Å²) in [5.74, 6) is -2.22. The molecule has 8 nitrogen and oxygen atoms in total. The number of benzene rings is 3. The Morgan fingerprint density at radius 3 is 2.00 bits per heavy atom. The fourth-order valence-electron chi connectivity index (χ4n) is 4.91. The van der Waals surface area contributed by atoms with Crippen molar-refractivity contribution in [2.75, 3.05) is 6.54 Å². The quantitative estimate of drug-likeness (QED) is 0.356. The number of sulfonamides is 1. The smallest absolute Gasteiger partial charge is 0.382 e. The molecule has 3 aromatic carbocycles. The number of carbonyl (C=O) groups is 2. The van der Waals surface area contributed by atoms with Gasteiger partial charge in [0.1, 0.15) is 12.6 Å². The topological polar surface area (TPSA) is 107 Å². The Morgan fingerprint density at radius 1 is 0.930 bits per heavy atom. The molecule has 3 aromatic rings. The van der Waals surface area contributed by atoms with Gasteiger partial charge in [0.05, 0.1) is 16.6 Å². The third-order valence-corrected chi connectivity index (χ3v) is 8.77. The van der Waals surface area contributed by atoms with Crippen LogP contribution in [0.1, 0.15) is 25.0 Å². The van der Waals surface area contributed by atoms with Crippen LogP contribution >= 0.6 is 0 Å². The molecule has 0 bridgehead atoms. The zero-order valence-electron chi connectivity index (χ0n) is 23.5. The van der Waals surface area contributed by atoms with Gasteiger partial charge < -0.3 is 10.4 Å². The van der Waals surface area contributed by atoms with E-state index < -0.39 is 58.7 Å². The van der Waals surface area contributed by atoms with E-state index in [1.54, 1.807) is 92.7 Å². The summed E-state index contributed by atoms with van der Waals surface area (Å²) in [4.78, 5) is 28.4. The Kier molecular flexibility index (Phi) is 9.61. The number of aliphatic hydroxyl groups is 1. The minimum atomic E-state index is -5.02. The van der Waals surface area contributed by atoms with E-state index in [0.29, 0.717) is 11.1 Å². The Labute approximate surface area is 248 Å². The Hall–Kier alpha value is -4.16. The van der Waals surface area contributed by atoms with E-state index in [9.17, 15) is 36.3 Å². The molecule has 2 N–H and O–H groups in total. The number of rotatable bonds is 10. The summed E-state index contributed by atoms with van der Waals surface area (Å²) in [7, 11) is -4.21. The molecule has 0 radical (unpaired) electrons. The van der Waals surface area contributed by atoms with Gasteiger partial charge in [-0.05, 0) is 35.6 Å². The molecule has 1 aliphatic rings. The fourth-order valence-corrected chi connectivity index (χ4v) is 6.52. The Morgan fingerprint density at radius 2 is 1.47 bits per heavy atom. The first-order valence-electron chi connectivity index (χ1n) is 13.6. The molecular formula is C31H32F3N3O5S. The molecule has 0 saturated heterocycles. The molecule has 2 amide bonds. The predicted octanol–water partition coefficient (Wildman–Crippen LogP) is 4.19. The van der Waals surface area contributed by atoms with Gasteiger partial charge in [0, 0.05) is 6.20 Å². The summed E-state index contributed by atoms with van der Waals surface area (Å²) < 4.78 is 69.1. The first-order chi connectivity index (χ1) is 20.3. The first-order valence-corrected chi connectivity index (χ1v) is 15.0. The maximum Gasteiger partial charge on any atom is 0.416 e. The van der Waals surface area contributed by atoms with Crippen molar-refractivity contribution in [2.24, 2.45) is 5.92 Å². The second kappa shape index (κ2) is 13.0. The van der Waals surface area contributed by atoms with Gasteiger partial charge in [0.2, 0.25) is 5.91 Å². The van der Waals surface area contributed by atoms with E-state index in [0.717, 1.165) is 9.21 Å². The average Bonchev–Trinajstić information content (AvgIpc) is 2.98. The summed E-state index contributed by atoms with van der Waals surface area (Å²) in [6.07, 6.45) is -6.92. The Bertz CT molecular complexity index is 1550. The Balaban J connectivity index is 1.72. The van der Waals surface area contributed by atoms with Crippen LogP contribution in [0.15, 0.2) is 102 Å². The number of carbonyl (C=O) groups excluding carboxylic acids is 2. The molecule has 43 heavy (non-hydrogen) atoms. The molecule has 12 heteroatoms. The lowest BCUT2D eigenvalue weighted by molar-refractivity contribution is -0.212. The van der Waals surface area contributed by atoms with Crippen LogP contribution in [0.5, 0.6) is 0 Å². The van der Waals surface area contributed by atoms with Crippen molar-refractivity contribution in [2.45, 2.75) is 49.5 Å². The summed E-state index contributed by atoms with van der Waals surface area (Å²) in [6, 6.07) is 21.0. The maximum absolute atomic E-state index is 14.0. The number of amides is 2. The molecule has 0 aliphatic carbocycles. The standard InChI is InChI=1S/C31H32F3N3O5S/c1-21(2)28-30(40)36(20-27(38)35-25(29(39)31(32,33)34)18-22-12-6-3-7-13-22)26(23-14-8-4-9-15-23)19-37(28)43(41,42)24-16-10-5-11-17-24/h3-17,19,21,25,28-29,39H,18,20H2,1-2H3,(H,35,38). The molecule has 3 atom stereocenters. The molecule has 1 aliphatic heterocycles. The van der Waals surface area contributed by atoms with E-state index >= 15 is 0 Å². The van der Waals surface area contributed by atoms with E-state index in [1.165, 1.54) is 18.3 Å². The van der Waals surface area contributed by atoms with Crippen LogP contribution in [-0.2, 0) is 26.0 Å². The molecular weight excluding hydrogens is 583 g/mol. The second-order valence-corrected chi connectivity index (χ2v) is 12.3. The largest absolute Gasteiger partial charge is 0.416 e. The van der Waals surface area contributed by atoms with Gasteiger partial charge in [0.25, 0.3) is 15.9 Å². The van der Waals surface area contributed by atoms with Gasteiger partial charge in [-0.25, -0.2) is 8.42 Å². The fraction of sp³-hybridized carbons (Fsp3) is 0.290. The lowest BCUT2D eigenvalue weighted by Gasteiger charge is -2.41. The van der Waals surface area contributed by atoms with Gasteiger partial charge in [-0.2, -0.15) is 13.2 Å². The minimum absolute atomic E-state index is 0.0341. The number of hydrogen-bond donors (Lipinski definition) is 2. The summed E-state index contributed by atoms with van der Waals surface area (Å²) in [5, 5.41) is 12.3. The van der Waals surface area contributed by atoms with Crippen molar-refractivity contribution in [1.29, 1.82) is 0 Å². The monoisotopic (exact) mass is 615 g/mol. The summed E-state index contributed by atoms with van der Waals surface area (Å²) in [6.45, 7) is 2.61. The van der Waals surface area contributed by atoms with Gasteiger partial charge >= 0.3 is 6.18 Å². The minimum Gasteiger partial charge on any atom is -0.382 e. The van der Waals surface area contributed by atoms with Crippen molar-refractivity contribution in [3.8, 4) is 0 Å². The van der Waals surface area contributed by atoms with E-state index in [2.05, 4.69) is 5.32 Å². The average molecular weight is 616 g/mol. The van der Waals surface area contributed by atoms with Crippen LogP contribution in [0.3, 0.4) is 0 Å². The number of aliphatic hydroxyl groups excluding tert-OH is 1. The highest BCUT2D eigenvalue weighted by Crippen LogP contribution is 2.34. The number of hydrogen-bond acceptors (Lipinski definition) is 5. The number of nitrogens with zero attached hydrogens (tertiary/aromatic N) is 2. The van der Waals surface area contributed by atoms with Crippen LogP contribution in [0.25, 0.3) is 5.70 Å². The molecule has 1 heterocycles. The molecule has 0 aromatic heterocycles.